The fourth-order valence-electron chi connectivity index (χ4n) is 2.61. The van der Waals surface area contributed by atoms with Crippen LogP contribution >= 0.6 is 23.2 Å². The summed E-state index contributed by atoms with van der Waals surface area (Å²) in [6.07, 6.45) is 0.746. The van der Waals surface area contributed by atoms with Crippen molar-refractivity contribution >= 4 is 45.5 Å². The van der Waals surface area contributed by atoms with Crippen molar-refractivity contribution in [3.05, 3.63) is 58.7 Å². The molecule has 1 N–H and O–H groups in total. The molecule has 0 radical (unpaired) electrons. The van der Waals surface area contributed by atoms with Crippen molar-refractivity contribution in [2.45, 2.75) is 12.1 Å². The number of hydrogen-bond acceptors (Lipinski definition) is 3. The van der Waals surface area contributed by atoms with E-state index in [1.165, 1.54) is 12.1 Å². The number of rotatable bonds is 5. The summed E-state index contributed by atoms with van der Waals surface area (Å²) >= 11 is 12.3. The SMILES string of the molecule is C#CCOc1ccc2nc(CCl)c(Cl)c(Nc3cccc(C(F)(F)F)c3)c2c1. The van der Waals surface area contributed by atoms with Gasteiger partial charge < -0.3 is 10.1 Å². The number of hydrogen-bond donors (Lipinski definition) is 1. The van der Waals surface area contributed by atoms with Gasteiger partial charge in [-0.25, -0.2) is 4.98 Å². The molecule has 8 heteroatoms. The highest BCUT2D eigenvalue weighted by atomic mass is 35.5. The molecule has 0 saturated carbocycles. The zero-order chi connectivity index (χ0) is 20.3. The molecule has 0 atom stereocenters. The van der Waals surface area contributed by atoms with Crippen LogP contribution in [-0.4, -0.2) is 11.6 Å². The number of benzene rings is 2. The van der Waals surface area contributed by atoms with Crippen LogP contribution in [0, 0.1) is 12.3 Å². The summed E-state index contributed by atoms with van der Waals surface area (Å²) in [7, 11) is 0. The lowest BCUT2D eigenvalue weighted by atomic mass is 10.1. The molecular weight excluding hydrogens is 412 g/mol. The molecule has 144 valence electrons. The van der Waals surface area contributed by atoms with Crippen molar-refractivity contribution in [1.29, 1.82) is 0 Å². The van der Waals surface area contributed by atoms with Gasteiger partial charge in [-0.15, -0.1) is 18.0 Å². The lowest BCUT2D eigenvalue weighted by Crippen LogP contribution is -2.05. The third-order valence-electron chi connectivity index (χ3n) is 3.87. The molecule has 1 heterocycles. The lowest BCUT2D eigenvalue weighted by Gasteiger charge is -2.16. The number of aromatic nitrogens is 1. The summed E-state index contributed by atoms with van der Waals surface area (Å²) in [5, 5.41) is 3.74. The summed E-state index contributed by atoms with van der Waals surface area (Å²) in [4.78, 5) is 4.39. The first-order chi connectivity index (χ1) is 13.3. The molecule has 3 nitrogen and oxygen atoms in total. The van der Waals surface area contributed by atoms with E-state index in [9.17, 15) is 13.2 Å². The van der Waals surface area contributed by atoms with Crippen LogP contribution in [0.1, 0.15) is 11.3 Å². The van der Waals surface area contributed by atoms with Gasteiger partial charge in [-0.3, -0.25) is 0 Å². The number of fused-ring (bicyclic) bond motifs is 1. The Balaban J connectivity index is 2.12. The molecule has 2 aromatic carbocycles. The van der Waals surface area contributed by atoms with Gasteiger partial charge in [-0.05, 0) is 36.4 Å². The number of terminal acetylenes is 1. The Morgan fingerprint density at radius 3 is 2.64 bits per heavy atom. The highest BCUT2D eigenvalue weighted by Crippen LogP contribution is 2.38. The van der Waals surface area contributed by atoms with Gasteiger partial charge in [0.1, 0.15) is 12.4 Å². The molecule has 0 unspecified atom stereocenters. The van der Waals surface area contributed by atoms with Gasteiger partial charge in [-0.2, -0.15) is 13.2 Å². The van der Waals surface area contributed by atoms with E-state index in [1.54, 1.807) is 18.2 Å². The second kappa shape index (κ2) is 8.17. The van der Waals surface area contributed by atoms with Crippen LogP contribution in [0.5, 0.6) is 5.75 Å². The standard InChI is InChI=1S/C20H13Cl2F3N2O/c1-2-8-28-14-6-7-16-15(10-14)19(18(22)17(11-21)27-16)26-13-5-3-4-12(9-13)20(23,24)25/h1,3-7,9-10H,8,11H2,(H,26,27). The van der Waals surface area contributed by atoms with Gasteiger partial charge >= 0.3 is 6.18 Å². The van der Waals surface area contributed by atoms with Crippen LogP contribution in [0.4, 0.5) is 24.5 Å². The normalized spacial score (nSPS) is 11.3. The van der Waals surface area contributed by atoms with Crippen LogP contribution in [0.25, 0.3) is 10.9 Å². The van der Waals surface area contributed by atoms with Crippen LogP contribution in [-0.2, 0) is 12.1 Å². The zero-order valence-corrected chi connectivity index (χ0v) is 15.8. The Hall–Kier alpha value is -2.62. The third-order valence-corrected chi connectivity index (χ3v) is 4.53. The molecule has 0 aliphatic carbocycles. The lowest BCUT2D eigenvalue weighted by molar-refractivity contribution is -0.137. The Morgan fingerprint density at radius 2 is 1.96 bits per heavy atom. The number of nitrogens with one attached hydrogen (secondary N) is 1. The highest BCUT2D eigenvalue weighted by Gasteiger charge is 2.30. The quantitative estimate of drug-likeness (QED) is 0.379. The average Bonchev–Trinajstić information content (AvgIpc) is 2.68. The highest BCUT2D eigenvalue weighted by molar-refractivity contribution is 6.36. The fourth-order valence-corrected chi connectivity index (χ4v) is 3.13. The van der Waals surface area contributed by atoms with Crippen molar-refractivity contribution in [3.8, 4) is 18.1 Å². The van der Waals surface area contributed by atoms with E-state index in [0.717, 1.165) is 12.1 Å². The van der Waals surface area contributed by atoms with Crippen molar-refractivity contribution in [2.24, 2.45) is 0 Å². The van der Waals surface area contributed by atoms with Crippen molar-refractivity contribution in [3.63, 3.8) is 0 Å². The van der Waals surface area contributed by atoms with Gasteiger partial charge in [-0.1, -0.05) is 23.6 Å². The summed E-state index contributed by atoms with van der Waals surface area (Å²) in [5.41, 5.74) is 0.792. The molecule has 3 rings (SSSR count). The Morgan fingerprint density at radius 1 is 1.18 bits per heavy atom. The fraction of sp³-hybridized carbons (Fsp3) is 0.150. The number of ether oxygens (including phenoxy) is 1. The number of pyridine rings is 1. The third kappa shape index (κ3) is 4.27. The summed E-state index contributed by atoms with van der Waals surface area (Å²) in [6, 6.07) is 9.87. The number of anilines is 2. The largest absolute Gasteiger partial charge is 0.481 e. The molecule has 28 heavy (non-hydrogen) atoms. The summed E-state index contributed by atoms with van der Waals surface area (Å²) in [5.74, 6) is 2.89. The maximum absolute atomic E-state index is 13.0. The molecule has 0 aliphatic rings. The first-order valence-electron chi connectivity index (χ1n) is 8.02. The molecule has 0 bridgehead atoms. The van der Waals surface area contributed by atoms with Gasteiger partial charge in [0.25, 0.3) is 0 Å². The zero-order valence-electron chi connectivity index (χ0n) is 14.3. The van der Waals surface area contributed by atoms with Gasteiger partial charge in [0.05, 0.1) is 33.4 Å². The minimum atomic E-state index is -4.46. The minimum Gasteiger partial charge on any atom is -0.481 e. The Labute approximate surface area is 169 Å². The van der Waals surface area contributed by atoms with E-state index in [2.05, 4.69) is 16.2 Å². The van der Waals surface area contributed by atoms with Gasteiger partial charge in [0, 0.05) is 11.1 Å². The van der Waals surface area contributed by atoms with Crippen LogP contribution in [0.15, 0.2) is 42.5 Å². The molecule has 3 aromatic rings. The van der Waals surface area contributed by atoms with Gasteiger partial charge in [0.2, 0.25) is 0 Å². The predicted molar refractivity (Wildman–Crippen MR) is 105 cm³/mol. The van der Waals surface area contributed by atoms with E-state index in [4.69, 9.17) is 34.4 Å². The first-order valence-corrected chi connectivity index (χ1v) is 8.93. The smallest absolute Gasteiger partial charge is 0.416 e. The summed E-state index contributed by atoms with van der Waals surface area (Å²) in [6.45, 7) is 0.0722. The molecule has 1 aromatic heterocycles. The molecular formula is C20H13Cl2F3N2O. The molecule has 0 saturated heterocycles. The monoisotopic (exact) mass is 424 g/mol. The maximum Gasteiger partial charge on any atom is 0.416 e. The molecule has 0 spiro atoms. The van der Waals surface area contributed by atoms with Gasteiger partial charge in [0.15, 0.2) is 0 Å². The van der Waals surface area contributed by atoms with Crippen molar-refractivity contribution < 1.29 is 17.9 Å². The topological polar surface area (TPSA) is 34.1 Å². The van der Waals surface area contributed by atoms with Crippen LogP contribution in [0.2, 0.25) is 5.02 Å². The first kappa shape index (κ1) is 20.1. The van der Waals surface area contributed by atoms with E-state index in [-0.39, 0.29) is 23.2 Å². The second-order valence-corrected chi connectivity index (χ2v) is 6.40. The van der Waals surface area contributed by atoms with Crippen molar-refractivity contribution in [1.82, 2.24) is 4.98 Å². The maximum atomic E-state index is 13.0. The number of alkyl halides is 4. The average molecular weight is 425 g/mol. The van der Waals surface area contributed by atoms with E-state index in [0.29, 0.717) is 28.0 Å². The predicted octanol–water partition coefficient (Wildman–Crippen LogP) is 6.40. The van der Waals surface area contributed by atoms with E-state index in [1.807, 2.05) is 0 Å². The Kier molecular flexibility index (Phi) is 5.87. The van der Waals surface area contributed by atoms with E-state index >= 15 is 0 Å². The Bertz CT molecular complexity index is 1060. The summed E-state index contributed by atoms with van der Waals surface area (Å²) < 4.78 is 44.5. The number of nitrogens with zero attached hydrogens (tertiary/aromatic N) is 1. The van der Waals surface area contributed by atoms with Crippen molar-refractivity contribution in [2.75, 3.05) is 11.9 Å². The van der Waals surface area contributed by atoms with Crippen LogP contribution in [0.3, 0.4) is 0 Å². The molecule has 0 amide bonds. The second-order valence-electron chi connectivity index (χ2n) is 5.76. The van der Waals surface area contributed by atoms with Crippen LogP contribution < -0.4 is 10.1 Å². The minimum absolute atomic E-state index is 0.0430. The number of halogens is 5. The molecule has 0 aliphatic heterocycles. The molecule has 0 fully saturated rings. The van der Waals surface area contributed by atoms with E-state index < -0.39 is 11.7 Å².